The second kappa shape index (κ2) is 20.4. The van der Waals surface area contributed by atoms with Crippen molar-refractivity contribution in [2.24, 2.45) is 0 Å². The summed E-state index contributed by atoms with van der Waals surface area (Å²) >= 11 is 0. The van der Waals surface area contributed by atoms with Crippen molar-refractivity contribution in [3.05, 3.63) is 29.3 Å². The zero-order valence-electron chi connectivity index (χ0n) is 22.6. The maximum absolute atomic E-state index is 12.5. The Morgan fingerprint density at radius 3 is 2.25 bits per heavy atom. The van der Waals surface area contributed by atoms with Gasteiger partial charge in [-0.25, -0.2) is 4.79 Å². The van der Waals surface area contributed by atoms with Crippen molar-refractivity contribution in [1.29, 1.82) is 0 Å². The summed E-state index contributed by atoms with van der Waals surface area (Å²) in [5, 5.41) is 0. The Bertz CT molecular complexity index is 680. The third-order valence-electron chi connectivity index (χ3n) is 6.23. The lowest BCUT2D eigenvalue weighted by molar-refractivity contribution is -0.0517. The molecule has 0 aliphatic carbocycles. The maximum Gasteiger partial charge on any atom is 0.341 e. The maximum atomic E-state index is 12.5. The van der Waals surface area contributed by atoms with Crippen molar-refractivity contribution in [2.45, 2.75) is 83.7 Å². The zero-order valence-corrected chi connectivity index (χ0v) is 22.6. The molecule has 0 saturated carbocycles. The molecule has 1 aliphatic heterocycles. The number of hydrogen-bond donors (Lipinski definition) is 0. The standard InChI is InChI=1S/C29H48O7/c1-3-4-5-6-7-8-9-10-13-25-14-15-28(27(22-25)29(30)31-2)36-24-26-23-34-18-11-16-32-20-21-33-17-12-19-35-26/h14-15,22,26H,3-13,16-21,23-24H2,1-2H3. The van der Waals surface area contributed by atoms with E-state index in [9.17, 15) is 4.79 Å². The molecule has 0 aromatic heterocycles. The lowest BCUT2D eigenvalue weighted by Gasteiger charge is -2.20. The Hall–Kier alpha value is -1.67. The number of unbranched alkanes of at least 4 members (excludes halogenated alkanes) is 7. The molecule has 0 radical (unpaired) electrons. The lowest BCUT2D eigenvalue weighted by Crippen LogP contribution is -2.29. The molecule has 0 amide bonds. The molecule has 36 heavy (non-hydrogen) atoms. The van der Waals surface area contributed by atoms with Crippen molar-refractivity contribution in [3.63, 3.8) is 0 Å². The fraction of sp³-hybridized carbons (Fsp3) is 0.759. The van der Waals surface area contributed by atoms with Gasteiger partial charge >= 0.3 is 5.97 Å². The van der Waals surface area contributed by atoms with E-state index in [0.717, 1.165) is 31.2 Å². The van der Waals surface area contributed by atoms with Crippen LogP contribution in [0.1, 0.15) is 87.1 Å². The summed E-state index contributed by atoms with van der Waals surface area (Å²) in [6.45, 7) is 6.60. The predicted molar refractivity (Wildman–Crippen MR) is 141 cm³/mol. The van der Waals surface area contributed by atoms with Crippen LogP contribution in [-0.4, -0.2) is 72.0 Å². The van der Waals surface area contributed by atoms with Gasteiger partial charge in [0.25, 0.3) is 0 Å². The largest absolute Gasteiger partial charge is 0.490 e. The van der Waals surface area contributed by atoms with Crippen LogP contribution in [0.15, 0.2) is 18.2 Å². The van der Waals surface area contributed by atoms with E-state index < -0.39 is 0 Å². The van der Waals surface area contributed by atoms with E-state index in [1.807, 2.05) is 18.2 Å². The van der Waals surface area contributed by atoms with Crippen LogP contribution in [0.3, 0.4) is 0 Å². The summed E-state index contributed by atoms with van der Waals surface area (Å²) in [4.78, 5) is 12.5. The molecule has 1 unspecified atom stereocenters. The van der Waals surface area contributed by atoms with Crippen molar-refractivity contribution in [3.8, 4) is 5.75 Å². The Kier molecular flexibility index (Phi) is 17.3. The van der Waals surface area contributed by atoms with Gasteiger partial charge in [-0.15, -0.1) is 0 Å². The van der Waals surface area contributed by atoms with E-state index in [0.29, 0.717) is 64.2 Å². The minimum atomic E-state index is -0.386. The van der Waals surface area contributed by atoms with Gasteiger partial charge in [-0.3, -0.25) is 0 Å². The Morgan fingerprint density at radius 2 is 1.53 bits per heavy atom. The first-order valence-electron chi connectivity index (χ1n) is 13.9. The first kappa shape index (κ1) is 30.6. The smallest absolute Gasteiger partial charge is 0.341 e. The van der Waals surface area contributed by atoms with Crippen molar-refractivity contribution >= 4 is 5.97 Å². The number of esters is 1. The molecule has 206 valence electrons. The molecule has 1 heterocycles. The minimum absolute atomic E-state index is 0.239. The van der Waals surface area contributed by atoms with Gasteiger partial charge in [-0.1, -0.05) is 57.9 Å². The second-order valence-electron chi connectivity index (χ2n) is 9.36. The van der Waals surface area contributed by atoms with Crippen LogP contribution in [0.5, 0.6) is 5.75 Å². The van der Waals surface area contributed by atoms with Gasteiger partial charge in [0, 0.05) is 26.4 Å². The van der Waals surface area contributed by atoms with Crippen LogP contribution in [-0.2, 0) is 30.1 Å². The monoisotopic (exact) mass is 508 g/mol. The molecule has 1 saturated heterocycles. The number of aryl methyl sites for hydroxylation is 1. The van der Waals surface area contributed by atoms with Gasteiger partial charge in [0.15, 0.2) is 0 Å². The van der Waals surface area contributed by atoms with Crippen LogP contribution in [0.2, 0.25) is 0 Å². The summed E-state index contributed by atoms with van der Waals surface area (Å²) in [6, 6.07) is 5.83. The lowest BCUT2D eigenvalue weighted by atomic mass is 10.0. The Labute approximate surface area is 218 Å². The SMILES string of the molecule is CCCCCCCCCCc1ccc(OCC2COCCCOCCOCCCO2)c(C(=O)OC)c1. The number of hydrogen-bond acceptors (Lipinski definition) is 7. The summed E-state index contributed by atoms with van der Waals surface area (Å²) in [5.41, 5.74) is 1.59. The van der Waals surface area contributed by atoms with E-state index >= 15 is 0 Å². The van der Waals surface area contributed by atoms with E-state index in [2.05, 4.69) is 6.92 Å². The third-order valence-corrected chi connectivity index (χ3v) is 6.23. The van der Waals surface area contributed by atoms with E-state index in [1.54, 1.807) is 0 Å². The number of methoxy groups -OCH3 is 1. The van der Waals surface area contributed by atoms with Gasteiger partial charge in [0.1, 0.15) is 24.0 Å². The molecule has 1 aromatic rings. The van der Waals surface area contributed by atoms with Crippen molar-refractivity contribution in [2.75, 3.05) is 60.0 Å². The highest BCUT2D eigenvalue weighted by atomic mass is 16.6. The van der Waals surface area contributed by atoms with E-state index in [-0.39, 0.29) is 12.1 Å². The number of benzene rings is 1. The highest BCUT2D eigenvalue weighted by Crippen LogP contribution is 2.23. The molecule has 1 fully saturated rings. The predicted octanol–water partition coefficient (Wildman–Crippen LogP) is 5.76. The molecule has 1 aliphatic rings. The zero-order chi connectivity index (χ0) is 25.7. The molecule has 0 bridgehead atoms. The Balaban J connectivity index is 1.85. The fourth-order valence-electron chi connectivity index (χ4n) is 4.13. The van der Waals surface area contributed by atoms with Crippen molar-refractivity contribution in [1.82, 2.24) is 0 Å². The second-order valence-corrected chi connectivity index (χ2v) is 9.36. The minimum Gasteiger partial charge on any atom is -0.490 e. The molecular weight excluding hydrogens is 460 g/mol. The van der Waals surface area contributed by atoms with Gasteiger partial charge in [0.2, 0.25) is 0 Å². The fourth-order valence-corrected chi connectivity index (χ4v) is 4.13. The average molecular weight is 509 g/mol. The van der Waals surface area contributed by atoms with Crippen LogP contribution in [0.25, 0.3) is 0 Å². The van der Waals surface area contributed by atoms with Gasteiger partial charge in [0.05, 0.1) is 26.9 Å². The van der Waals surface area contributed by atoms with Gasteiger partial charge in [-0.05, 0) is 43.4 Å². The third kappa shape index (κ3) is 13.6. The molecule has 1 atom stereocenters. The van der Waals surface area contributed by atoms with Crippen LogP contribution >= 0.6 is 0 Å². The van der Waals surface area contributed by atoms with Crippen LogP contribution in [0.4, 0.5) is 0 Å². The van der Waals surface area contributed by atoms with E-state index in [1.165, 1.54) is 52.1 Å². The molecular formula is C29H48O7. The summed E-state index contributed by atoms with van der Waals surface area (Å²) < 4.78 is 33.9. The molecule has 7 nitrogen and oxygen atoms in total. The Morgan fingerprint density at radius 1 is 0.861 bits per heavy atom. The first-order chi connectivity index (χ1) is 17.7. The average Bonchev–Trinajstić information content (AvgIpc) is 2.90. The van der Waals surface area contributed by atoms with Gasteiger partial charge < -0.3 is 28.4 Å². The number of rotatable bonds is 13. The quantitative estimate of drug-likeness (QED) is 0.248. The summed E-state index contributed by atoms with van der Waals surface area (Å²) in [6.07, 6.45) is 12.6. The molecule has 1 aromatic carbocycles. The van der Waals surface area contributed by atoms with E-state index in [4.69, 9.17) is 28.4 Å². The molecule has 2 rings (SSSR count). The highest BCUT2D eigenvalue weighted by Gasteiger charge is 2.17. The number of carbonyl (C=O) groups is 1. The number of ether oxygens (including phenoxy) is 6. The van der Waals surface area contributed by atoms with Crippen molar-refractivity contribution < 1.29 is 33.2 Å². The summed E-state index contributed by atoms with van der Waals surface area (Å²) in [7, 11) is 1.40. The summed E-state index contributed by atoms with van der Waals surface area (Å²) in [5.74, 6) is 0.129. The topological polar surface area (TPSA) is 72.5 Å². The van der Waals surface area contributed by atoms with Crippen LogP contribution in [0, 0.1) is 0 Å². The van der Waals surface area contributed by atoms with Gasteiger partial charge in [-0.2, -0.15) is 0 Å². The molecule has 7 heteroatoms. The first-order valence-corrected chi connectivity index (χ1v) is 13.9. The molecule has 0 spiro atoms. The molecule has 0 N–H and O–H groups in total. The number of carbonyl (C=O) groups excluding carboxylic acids is 1. The van der Waals surface area contributed by atoms with Crippen LogP contribution < -0.4 is 4.74 Å². The normalized spacial score (nSPS) is 18.3. The highest BCUT2D eigenvalue weighted by molar-refractivity contribution is 5.92.